The first-order chi connectivity index (χ1) is 6.08. The van der Waals surface area contributed by atoms with Gasteiger partial charge in [-0.05, 0) is 5.41 Å². The Morgan fingerprint density at radius 1 is 1.46 bits per heavy atom. The van der Waals surface area contributed by atoms with E-state index < -0.39 is 0 Å². The maximum absolute atomic E-state index is 5.96. The number of rotatable bonds is 1. The third-order valence-corrected chi connectivity index (χ3v) is 2.45. The molecule has 0 aromatic carbocycles. The molecule has 4 heteroatoms. The average molecular weight is 198 g/mol. The molecule has 1 aromatic rings. The second kappa shape index (κ2) is 2.84. The van der Waals surface area contributed by atoms with Crippen LogP contribution in [0.3, 0.4) is 0 Å². The van der Waals surface area contributed by atoms with Crippen LogP contribution in [-0.2, 0) is 0 Å². The summed E-state index contributed by atoms with van der Waals surface area (Å²) in [6.07, 6.45) is 3.17. The van der Waals surface area contributed by atoms with E-state index in [0.29, 0.717) is 10.4 Å². The maximum Gasteiger partial charge on any atom is 0.150 e. The van der Waals surface area contributed by atoms with Gasteiger partial charge in [0.05, 0.1) is 6.20 Å². The van der Waals surface area contributed by atoms with Crippen LogP contribution in [0, 0.1) is 5.41 Å². The zero-order chi connectivity index (χ0) is 9.47. The first-order valence-corrected chi connectivity index (χ1v) is 4.67. The van der Waals surface area contributed by atoms with E-state index in [4.69, 9.17) is 11.6 Å². The molecule has 70 valence electrons. The summed E-state index contributed by atoms with van der Waals surface area (Å²) < 4.78 is 0. The standard InChI is InChI=1S/C9H12ClN3/c1-9(2)4-13(5-9)8-7(10)3-11-6-12-8/h3,6H,4-5H2,1-2H3. The highest BCUT2D eigenvalue weighted by molar-refractivity contribution is 6.32. The molecular formula is C9H12ClN3. The molecule has 0 saturated carbocycles. The van der Waals surface area contributed by atoms with Gasteiger partial charge in [0.1, 0.15) is 11.3 Å². The van der Waals surface area contributed by atoms with Gasteiger partial charge in [-0.1, -0.05) is 25.4 Å². The predicted molar refractivity (Wildman–Crippen MR) is 53.0 cm³/mol. The fourth-order valence-electron chi connectivity index (χ4n) is 1.68. The van der Waals surface area contributed by atoms with E-state index >= 15 is 0 Å². The zero-order valence-corrected chi connectivity index (χ0v) is 8.54. The molecule has 13 heavy (non-hydrogen) atoms. The maximum atomic E-state index is 5.96. The van der Waals surface area contributed by atoms with Gasteiger partial charge in [-0.15, -0.1) is 0 Å². The van der Waals surface area contributed by atoms with Crippen molar-refractivity contribution in [2.75, 3.05) is 18.0 Å². The molecular weight excluding hydrogens is 186 g/mol. The smallest absolute Gasteiger partial charge is 0.150 e. The number of hydrogen-bond acceptors (Lipinski definition) is 3. The van der Waals surface area contributed by atoms with E-state index in [2.05, 4.69) is 28.7 Å². The van der Waals surface area contributed by atoms with Crippen molar-refractivity contribution in [3.8, 4) is 0 Å². The lowest BCUT2D eigenvalue weighted by atomic mass is 9.84. The summed E-state index contributed by atoms with van der Waals surface area (Å²) >= 11 is 5.96. The minimum Gasteiger partial charge on any atom is -0.354 e. The van der Waals surface area contributed by atoms with Crippen molar-refractivity contribution in [1.29, 1.82) is 0 Å². The van der Waals surface area contributed by atoms with Gasteiger partial charge in [0.2, 0.25) is 0 Å². The Balaban J connectivity index is 2.16. The monoisotopic (exact) mass is 197 g/mol. The van der Waals surface area contributed by atoms with E-state index in [0.717, 1.165) is 18.9 Å². The summed E-state index contributed by atoms with van der Waals surface area (Å²) in [7, 11) is 0. The molecule has 1 fully saturated rings. The Bertz CT molecular complexity index is 316. The largest absolute Gasteiger partial charge is 0.354 e. The van der Waals surface area contributed by atoms with E-state index in [-0.39, 0.29) is 0 Å². The predicted octanol–water partition coefficient (Wildman–Crippen LogP) is 1.98. The lowest BCUT2D eigenvalue weighted by Crippen LogP contribution is -2.53. The Hall–Kier alpha value is -0.830. The Morgan fingerprint density at radius 3 is 2.69 bits per heavy atom. The summed E-state index contributed by atoms with van der Waals surface area (Å²) in [6, 6.07) is 0. The molecule has 1 aromatic heterocycles. The molecule has 3 nitrogen and oxygen atoms in total. The molecule has 0 spiro atoms. The van der Waals surface area contributed by atoms with E-state index in [9.17, 15) is 0 Å². The summed E-state index contributed by atoms with van der Waals surface area (Å²) in [5, 5.41) is 0.637. The van der Waals surface area contributed by atoms with Crippen molar-refractivity contribution in [3.05, 3.63) is 17.5 Å². The zero-order valence-electron chi connectivity index (χ0n) is 7.79. The third kappa shape index (κ3) is 1.61. The van der Waals surface area contributed by atoms with Crippen molar-refractivity contribution < 1.29 is 0 Å². The van der Waals surface area contributed by atoms with Crippen molar-refractivity contribution in [2.45, 2.75) is 13.8 Å². The van der Waals surface area contributed by atoms with Gasteiger partial charge in [-0.3, -0.25) is 0 Å². The number of anilines is 1. The second-order valence-electron chi connectivity index (χ2n) is 4.21. The third-order valence-electron chi connectivity index (χ3n) is 2.19. The van der Waals surface area contributed by atoms with Gasteiger partial charge in [-0.2, -0.15) is 0 Å². The Labute approximate surface area is 82.8 Å². The van der Waals surface area contributed by atoms with Crippen LogP contribution in [0.1, 0.15) is 13.8 Å². The molecule has 1 aliphatic heterocycles. The summed E-state index contributed by atoms with van der Waals surface area (Å²) in [4.78, 5) is 10.2. The van der Waals surface area contributed by atoms with Crippen molar-refractivity contribution in [1.82, 2.24) is 9.97 Å². The second-order valence-corrected chi connectivity index (χ2v) is 4.62. The summed E-state index contributed by atoms with van der Waals surface area (Å²) in [5.41, 5.74) is 0.397. The normalized spacial score (nSPS) is 19.8. The number of aromatic nitrogens is 2. The van der Waals surface area contributed by atoms with Gasteiger partial charge < -0.3 is 4.90 Å². The first kappa shape index (κ1) is 8.75. The summed E-state index contributed by atoms with van der Waals surface area (Å²) in [5.74, 6) is 0.857. The molecule has 0 atom stereocenters. The molecule has 2 heterocycles. The first-order valence-electron chi connectivity index (χ1n) is 4.29. The molecule has 1 aliphatic rings. The van der Waals surface area contributed by atoms with Gasteiger partial charge in [-0.25, -0.2) is 9.97 Å². The van der Waals surface area contributed by atoms with E-state index in [1.54, 1.807) is 6.20 Å². The van der Waals surface area contributed by atoms with Crippen molar-refractivity contribution in [3.63, 3.8) is 0 Å². The van der Waals surface area contributed by atoms with Crippen LogP contribution < -0.4 is 4.90 Å². The highest BCUT2D eigenvalue weighted by atomic mass is 35.5. The molecule has 0 radical (unpaired) electrons. The topological polar surface area (TPSA) is 29.0 Å². The highest BCUT2D eigenvalue weighted by Gasteiger charge is 2.35. The Kier molecular flexibility index (Phi) is 1.91. The summed E-state index contributed by atoms with van der Waals surface area (Å²) in [6.45, 7) is 6.50. The van der Waals surface area contributed by atoms with Crippen LogP contribution in [0.5, 0.6) is 0 Å². The highest BCUT2D eigenvalue weighted by Crippen LogP contribution is 2.34. The van der Waals surface area contributed by atoms with Gasteiger partial charge >= 0.3 is 0 Å². The molecule has 0 bridgehead atoms. The van der Waals surface area contributed by atoms with E-state index in [1.165, 1.54) is 6.33 Å². The molecule has 2 rings (SSSR count). The van der Waals surface area contributed by atoms with Crippen LogP contribution in [0.15, 0.2) is 12.5 Å². The quantitative estimate of drug-likeness (QED) is 0.690. The average Bonchev–Trinajstić information content (AvgIpc) is 2.01. The van der Waals surface area contributed by atoms with Gasteiger partial charge in [0, 0.05) is 13.1 Å². The molecule has 0 unspecified atom stereocenters. The lowest BCUT2D eigenvalue weighted by Gasteiger charge is -2.46. The molecule has 1 saturated heterocycles. The SMILES string of the molecule is CC1(C)CN(c2ncncc2Cl)C1. The van der Waals surface area contributed by atoms with Gasteiger partial charge in [0.25, 0.3) is 0 Å². The van der Waals surface area contributed by atoms with Crippen LogP contribution >= 0.6 is 11.6 Å². The lowest BCUT2D eigenvalue weighted by molar-refractivity contribution is 0.274. The Morgan fingerprint density at radius 2 is 2.15 bits per heavy atom. The fourth-order valence-corrected chi connectivity index (χ4v) is 1.90. The minimum atomic E-state index is 0.397. The van der Waals surface area contributed by atoms with Crippen LogP contribution in [0.25, 0.3) is 0 Å². The van der Waals surface area contributed by atoms with Crippen LogP contribution in [0.4, 0.5) is 5.82 Å². The van der Waals surface area contributed by atoms with Crippen molar-refractivity contribution >= 4 is 17.4 Å². The van der Waals surface area contributed by atoms with Gasteiger partial charge in [0.15, 0.2) is 5.82 Å². The van der Waals surface area contributed by atoms with Crippen LogP contribution in [-0.4, -0.2) is 23.1 Å². The minimum absolute atomic E-state index is 0.397. The number of halogens is 1. The molecule has 0 aliphatic carbocycles. The fraction of sp³-hybridized carbons (Fsp3) is 0.556. The van der Waals surface area contributed by atoms with E-state index in [1.807, 2.05) is 0 Å². The molecule has 0 amide bonds. The van der Waals surface area contributed by atoms with Crippen molar-refractivity contribution in [2.24, 2.45) is 5.41 Å². The molecule has 0 N–H and O–H groups in total. The van der Waals surface area contributed by atoms with Crippen LogP contribution in [0.2, 0.25) is 5.02 Å². The number of nitrogens with zero attached hydrogens (tertiary/aromatic N) is 3. The number of hydrogen-bond donors (Lipinski definition) is 0.